The van der Waals surface area contributed by atoms with Crippen molar-refractivity contribution in [3.8, 4) is 0 Å². The number of nitrogens with zero attached hydrogens (tertiary/aromatic N) is 1. The van der Waals surface area contributed by atoms with Crippen molar-refractivity contribution < 1.29 is 0 Å². The molecule has 0 bridgehead atoms. The summed E-state index contributed by atoms with van der Waals surface area (Å²) in [4.78, 5) is 2.53. The molecule has 0 aliphatic heterocycles. The second-order valence-corrected chi connectivity index (χ2v) is 13.9. The fourth-order valence-electron chi connectivity index (χ4n) is 3.54. The fraction of sp³-hybridized carbons (Fsp3) is 0.280. The molecule has 146 valence electrons. The molecule has 0 aromatic heterocycles. The van der Waals surface area contributed by atoms with Crippen molar-refractivity contribution in [2.75, 3.05) is 45.8 Å². The van der Waals surface area contributed by atoms with Gasteiger partial charge in [0.1, 0.15) is 0 Å². The van der Waals surface area contributed by atoms with Crippen LogP contribution in [0.3, 0.4) is 0 Å². The average Bonchev–Trinajstić information content (AvgIpc) is 2.77. The van der Waals surface area contributed by atoms with Crippen LogP contribution in [0.4, 0.5) is 0 Å². The lowest BCUT2D eigenvalue weighted by Crippen LogP contribution is -2.32. The number of rotatable bonds is 9. The van der Waals surface area contributed by atoms with E-state index in [0.29, 0.717) is 0 Å². The summed E-state index contributed by atoms with van der Waals surface area (Å²) in [6, 6.07) is 33.3. The molecule has 3 aromatic carbocycles. The Balaban J connectivity index is 1.64. The van der Waals surface area contributed by atoms with Crippen LogP contribution in [0.5, 0.6) is 0 Å². The van der Waals surface area contributed by atoms with Gasteiger partial charge in [0.15, 0.2) is 0 Å². The highest BCUT2D eigenvalue weighted by atomic mass is 31.2. The Kier molecular flexibility index (Phi) is 7.81. The zero-order valence-corrected chi connectivity index (χ0v) is 19.1. The summed E-state index contributed by atoms with van der Waals surface area (Å²) >= 11 is 0. The summed E-state index contributed by atoms with van der Waals surface area (Å²) in [5.74, 6) is 0. The molecule has 1 atom stereocenters. The van der Waals surface area contributed by atoms with E-state index in [-0.39, 0.29) is 7.92 Å². The van der Waals surface area contributed by atoms with E-state index in [1.807, 2.05) is 0 Å². The van der Waals surface area contributed by atoms with Crippen LogP contribution in [0.25, 0.3) is 0 Å². The van der Waals surface area contributed by atoms with Crippen LogP contribution in [0, 0.1) is 0 Å². The number of benzene rings is 3. The zero-order chi connectivity index (χ0) is 19.8. The minimum atomic E-state index is -1.37. The third-order valence-electron chi connectivity index (χ3n) is 5.60. The van der Waals surface area contributed by atoms with Gasteiger partial charge in [0.25, 0.3) is 0 Å². The summed E-state index contributed by atoms with van der Waals surface area (Å²) in [7, 11) is 0.849. The van der Waals surface area contributed by atoms with Crippen LogP contribution in [0.15, 0.2) is 91.0 Å². The maximum absolute atomic E-state index is 2.53. The van der Waals surface area contributed by atoms with E-state index < -0.39 is 7.26 Å². The smallest absolute Gasteiger partial charge is 0.0989 e. The predicted octanol–water partition coefficient (Wildman–Crippen LogP) is 4.65. The van der Waals surface area contributed by atoms with Crippen LogP contribution < -0.4 is 15.9 Å². The number of hydrogen-bond acceptors (Lipinski definition) is 1. The van der Waals surface area contributed by atoms with E-state index in [1.54, 1.807) is 0 Å². The Morgan fingerprint density at radius 3 is 1.68 bits per heavy atom. The van der Waals surface area contributed by atoms with Crippen molar-refractivity contribution in [3.63, 3.8) is 0 Å². The molecule has 0 spiro atoms. The molecule has 0 heterocycles. The lowest BCUT2D eigenvalue weighted by Gasteiger charge is -2.26. The second-order valence-electron chi connectivity index (χ2n) is 7.65. The highest BCUT2D eigenvalue weighted by Gasteiger charge is 2.37. The van der Waals surface area contributed by atoms with Gasteiger partial charge in [0.05, 0.1) is 30.7 Å². The van der Waals surface area contributed by atoms with Crippen molar-refractivity contribution >= 4 is 31.1 Å². The largest absolute Gasteiger partial charge is 0.302 e. The van der Waals surface area contributed by atoms with Crippen LogP contribution in [-0.4, -0.2) is 50.7 Å². The Bertz CT molecular complexity index is 781. The van der Waals surface area contributed by atoms with Gasteiger partial charge in [0, 0.05) is 13.1 Å². The van der Waals surface area contributed by atoms with Gasteiger partial charge in [-0.25, -0.2) is 0 Å². The molecular weight excluding hydrogens is 376 g/mol. The highest BCUT2D eigenvalue weighted by molar-refractivity contribution is 7.88. The van der Waals surface area contributed by atoms with Gasteiger partial charge in [-0.2, -0.15) is 0 Å². The van der Waals surface area contributed by atoms with E-state index >= 15 is 0 Å². The maximum atomic E-state index is 2.53. The first kappa shape index (κ1) is 21.2. The van der Waals surface area contributed by atoms with Crippen molar-refractivity contribution in [2.45, 2.75) is 0 Å². The topological polar surface area (TPSA) is 3.24 Å². The first-order valence-electron chi connectivity index (χ1n) is 10.0. The Morgan fingerprint density at radius 1 is 0.714 bits per heavy atom. The first-order valence-corrected chi connectivity index (χ1v) is 14.4. The molecule has 0 unspecified atom stereocenters. The van der Waals surface area contributed by atoms with E-state index in [1.165, 1.54) is 34.8 Å². The molecule has 3 aromatic rings. The first-order chi connectivity index (χ1) is 13.6. The number of hydrogen-bond donors (Lipinski definition) is 0. The molecule has 3 rings (SSSR count). The molecule has 0 saturated carbocycles. The molecule has 0 amide bonds. The molecular formula is C25H32NP2+. The van der Waals surface area contributed by atoms with Gasteiger partial charge >= 0.3 is 0 Å². The van der Waals surface area contributed by atoms with E-state index in [2.05, 4.69) is 116 Å². The molecule has 0 N–H and O–H groups in total. The summed E-state index contributed by atoms with van der Waals surface area (Å²) in [5, 5.41) is 4.53. The van der Waals surface area contributed by atoms with E-state index in [9.17, 15) is 0 Å². The predicted molar refractivity (Wildman–Crippen MR) is 131 cm³/mol. The van der Waals surface area contributed by atoms with Crippen LogP contribution in [0.2, 0.25) is 0 Å². The minimum absolute atomic E-state index is 0.0672. The van der Waals surface area contributed by atoms with Crippen molar-refractivity contribution in [1.29, 1.82) is 0 Å². The quantitative estimate of drug-likeness (QED) is 0.466. The minimum Gasteiger partial charge on any atom is -0.302 e. The molecule has 0 fully saturated rings. The zero-order valence-electron chi connectivity index (χ0n) is 17.3. The van der Waals surface area contributed by atoms with Gasteiger partial charge in [-0.1, -0.05) is 74.7 Å². The molecule has 0 saturated heterocycles. The van der Waals surface area contributed by atoms with Gasteiger partial charge in [-0.3, -0.25) is 0 Å². The van der Waals surface area contributed by atoms with Crippen LogP contribution >= 0.6 is 15.2 Å². The Hall–Kier alpha value is -1.52. The van der Waals surface area contributed by atoms with E-state index in [4.69, 9.17) is 0 Å². The lowest BCUT2D eigenvalue weighted by molar-refractivity contribution is 0.378. The standard InChI is InChI=1S/C25H32NP2/c1-26(19-21-27(2)23-13-7-4-8-14-23)20-22-28(3,24-15-9-5-10-16-24)25-17-11-6-12-18-25/h4-18H,19-22H2,1-3H3/q+1/t27-/m1/s1. The molecule has 1 nitrogen and oxygen atoms in total. The Labute approximate surface area is 172 Å². The molecule has 0 aliphatic carbocycles. The normalized spacial score (nSPS) is 12.9. The van der Waals surface area contributed by atoms with E-state index in [0.717, 1.165) is 6.54 Å². The summed E-state index contributed by atoms with van der Waals surface area (Å²) in [6.07, 6.45) is 2.49. The summed E-state index contributed by atoms with van der Waals surface area (Å²) in [6.45, 7) is 7.22. The van der Waals surface area contributed by atoms with Crippen molar-refractivity contribution in [1.82, 2.24) is 4.90 Å². The summed E-state index contributed by atoms with van der Waals surface area (Å²) in [5.41, 5.74) is 0. The molecule has 3 heteroatoms. The monoisotopic (exact) mass is 408 g/mol. The lowest BCUT2D eigenvalue weighted by atomic mass is 10.4. The molecule has 28 heavy (non-hydrogen) atoms. The van der Waals surface area contributed by atoms with Gasteiger partial charge in [-0.05, 0) is 49.4 Å². The van der Waals surface area contributed by atoms with Gasteiger partial charge in [0.2, 0.25) is 0 Å². The van der Waals surface area contributed by atoms with Crippen molar-refractivity contribution in [3.05, 3.63) is 91.0 Å². The summed E-state index contributed by atoms with van der Waals surface area (Å²) < 4.78 is 0. The highest BCUT2D eigenvalue weighted by Crippen LogP contribution is 2.52. The SMILES string of the molecule is CN(CC[P@@](C)c1ccccc1)CC[P+](C)(c1ccccc1)c1ccccc1. The average molecular weight is 408 g/mol. The third kappa shape index (κ3) is 5.51. The Morgan fingerprint density at radius 2 is 1.18 bits per heavy atom. The van der Waals surface area contributed by atoms with Gasteiger partial charge < -0.3 is 4.90 Å². The van der Waals surface area contributed by atoms with Crippen LogP contribution in [0.1, 0.15) is 0 Å². The van der Waals surface area contributed by atoms with Crippen LogP contribution in [-0.2, 0) is 0 Å². The fourth-order valence-corrected chi connectivity index (χ4v) is 8.33. The van der Waals surface area contributed by atoms with Gasteiger partial charge in [-0.15, -0.1) is 0 Å². The maximum Gasteiger partial charge on any atom is 0.0989 e. The molecule has 0 radical (unpaired) electrons. The van der Waals surface area contributed by atoms with Crippen molar-refractivity contribution in [2.24, 2.45) is 0 Å². The second kappa shape index (κ2) is 10.3. The third-order valence-corrected chi connectivity index (χ3v) is 11.6. The molecule has 0 aliphatic rings.